The average Bonchev–Trinajstić information content (AvgIpc) is 2.89. The Balaban J connectivity index is 2.28. The molecule has 0 saturated heterocycles. The highest BCUT2D eigenvalue weighted by atomic mass is 32.2. The van der Waals surface area contributed by atoms with E-state index in [1.54, 1.807) is 0 Å². The summed E-state index contributed by atoms with van der Waals surface area (Å²) in [6.45, 7) is 0.589. The minimum Gasteiger partial charge on any atom is -0.492 e. The van der Waals surface area contributed by atoms with Crippen LogP contribution in [0, 0.1) is 17.6 Å². The number of anilines is 2. The summed E-state index contributed by atoms with van der Waals surface area (Å²) in [4.78, 5) is 11.4. The van der Waals surface area contributed by atoms with E-state index in [4.69, 9.17) is 9.84 Å². The molecule has 0 aromatic heterocycles. The highest BCUT2D eigenvalue weighted by molar-refractivity contribution is 7.89. The molecule has 216 valence electrons. The zero-order chi connectivity index (χ0) is 29.5. The number of halogens is 7. The number of carboxylic acid groups (broad SMARTS) is 1. The van der Waals surface area contributed by atoms with E-state index in [0.717, 1.165) is 22.3 Å². The molecule has 2 atom stereocenters. The molecular weight excluding hydrogens is 561 g/mol. The fraction of sp³-hybridized carbons (Fsp3) is 0.458. The number of sulfonamides is 1. The first kappa shape index (κ1) is 30.5. The van der Waals surface area contributed by atoms with Crippen molar-refractivity contribution in [2.24, 2.45) is 5.92 Å². The SMILES string of the molecule is C[C@H](COc1cc2c(cc1C(F)(F)F)N(c1ccc(F)c(F)c1)C[C@@H](CCC(C)(F)F)N(C)S2(=O)=O)C(=O)O. The summed E-state index contributed by atoms with van der Waals surface area (Å²) in [5, 5.41) is 9.05. The number of benzene rings is 2. The number of carboxylic acids is 1. The molecule has 0 radical (unpaired) electrons. The van der Waals surface area contributed by atoms with Crippen molar-refractivity contribution in [3.05, 3.63) is 47.5 Å². The largest absolute Gasteiger partial charge is 0.492 e. The van der Waals surface area contributed by atoms with Crippen LogP contribution in [0.1, 0.15) is 32.3 Å². The molecule has 2 aromatic rings. The molecule has 0 bridgehead atoms. The van der Waals surface area contributed by atoms with E-state index in [0.29, 0.717) is 31.2 Å². The summed E-state index contributed by atoms with van der Waals surface area (Å²) in [5.74, 6) is -9.43. The molecule has 15 heteroatoms. The van der Waals surface area contributed by atoms with Crippen molar-refractivity contribution in [2.45, 2.75) is 49.7 Å². The second-order valence-electron chi connectivity index (χ2n) is 9.36. The van der Waals surface area contributed by atoms with E-state index >= 15 is 0 Å². The number of aliphatic carboxylic acids is 1. The van der Waals surface area contributed by atoms with Crippen LogP contribution in [0.4, 0.5) is 42.1 Å². The summed E-state index contributed by atoms with van der Waals surface area (Å²) in [5.41, 5.74) is -2.26. The van der Waals surface area contributed by atoms with Crippen molar-refractivity contribution < 1.29 is 53.8 Å². The van der Waals surface area contributed by atoms with E-state index in [1.807, 2.05) is 0 Å². The summed E-state index contributed by atoms with van der Waals surface area (Å²) in [7, 11) is -3.59. The smallest absolute Gasteiger partial charge is 0.420 e. The molecule has 39 heavy (non-hydrogen) atoms. The third kappa shape index (κ3) is 6.75. The van der Waals surface area contributed by atoms with Gasteiger partial charge in [-0.1, -0.05) is 0 Å². The minimum atomic E-state index is -5.11. The Bertz CT molecular complexity index is 1350. The fourth-order valence-corrected chi connectivity index (χ4v) is 5.52. The van der Waals surface area contributed by atoms with E-state index in [9.17, 15) is 43.9 Å². The first-order valence-corrected chi connectivity index (χ1v) is 13.0. The molecule has 0 aliphatic carbocycles. The lowest BCUT2D eigenvalue weighted by Gasteiger charge is -2.30. The summed E-state index contributed by atoms with van der Waals surface area (Å²) < 4.78 is 130. The van der Waals surface area contributed by atoms with Gasteiger partial charge in [0.1, 0.15) is 17.3 Å². The van der Waals surface area contributed by atoms with Gasteiger partial charge in [-0.2, -0.15) is 17.5 Å². The molecule has 1 N–H and O–H groups in total. The number of ether oxygens (including phenoxy) is 1. The second kappa shape index (κ2) is 10.8. The maximum absolute atomic E-state index is 14.1. The van der Waals surface area contributed by atoms with Crippen LogP contribution in [0.25, 0.3) is 0 Å². The summed E-state index contributed by atoms with van der Waals surface area (Å²) in [6.07, 6.45) is -6.30. The number of fused-ring (bicyclic) bond motifs is 1. The molecule has 0 amide bonds. The Hall–Kier alpha value is -3.07. The predicted molar refractivity (Wildman–Crippen MR) is 126 cm³/mol. The van der Waals surface area contributed by atoms with Crippen LogP contribution in [-0.2, 0) is 21.0 Å². The molecule has 0 unspecified atom stereocenters. The Morgan fingerprint density at radius 2 is 1.77 bits per heavy atom. The number of likely N-dealkylation sites (N-methyl/N-ethyl adjacent to an activating group) is 1. The number of hydrogen-bond donors (Lipinski definition) is 1. The van der Waals surface area contributed by atoms with Gasteiger partial charge in [-0.05, 0) is 38.5 Å². The molecule has 0 fully saturated rings. The summed E-state index contributed by atoms with van der Waals surface area (Å²) in [6, 6.07) is 2.15. The monoisotopic (exact) mass is 586 g/mol. The topological polar surface area (TPSA) is 87.2 Å². The third-order valence-corrected chi connectivity index (χ3v) is 8.20. The quantitative estimate of drug-likeness (QED) is 0.402. The lowest BCUT2D eigenvalue weighted by molar-refractivity contribution is -0.142. The van der Waals surface area contributed by atoms with Gasteiger partial charge in [-0.25, -0.2) is 26.0 Å². The van der Waals surface area contributed by atoms with Crippen molar-refractivity contribution in [1.29, 1.82) is 0 Å². The van der Waals surface area contributed by atoms with Crippen LogP contribution in [0.5, 0.6) is 5.75 Å². The zero-order valence-electron chi connectivity index (χ0n) is 20.9. The van der Waals surface area contributed by atoms with Crippen LogP contribution in [0.15, 0.2) is 35.2 Å². The molecule has 1 aliphatic heterocycles. The van der Waals surface area contributed by atoms with Gasteiger partial charge in [0.15, 0.2) is 11.6 Å². The van der Waals surface area contributed by atoms with Crippen LogP contribution in [0.3, 0.4) is 0 Å². The Morgan fingerprint density at radius 3 is 2.31 bits per heavy atom. The van der Waals surface area contributed by atoms with Gasteiger partial charge >= 0.3 is 12.1 Å². The minimum absolute atomic E-state index is 0.227. The molecule has 0 spiro atoms. The average molecular weight is 587 g/mol. The van der Waals surface area contributed by atoms with Crippen LogP contribution in [0.2, 0.25) is 0 Å². The maximum atomic E-state index is 14.1. The van der Waals surface area contributed by atoms with Crippen LogP contribution < -0.4 is 9.64 Å². The van der Waals surface area contributed by atoms with Gasteiger partial charge in [0, 0.05) is 43.9 Å². The van der Waals surface area contributed by atoms with Gasteiger partial charge in [-0.3, -0.25) is 4.79 Å². The normalized spacial score (nSPS) is 18.8. The molecule has 7 nitrogen and oxygen atoms in total. The van der Waals surface area contributed by atoms with E-state index < -0.39 is 99.6 Å². The number of alkyl halides is 5. The Kier molecular flexibility index (Phi) is 8.46. The van der Waals surface area contributed by atoms with Crippen molar-refractivity contribution in [3.63, 3.8) is 0 Å². The Morgan fingerprint density at radius 1 is 1.13 bits per heavy atom. The second-order valence-corrected chi connectivity index (χ2v) is 11.3. The van der Waals surface area contributed by atoms with E-state index in [1.165, 1.54) is 6.92 Å². The molecular formula is C24H25F7N2O5S. The van der Waals surface area contributed by atoms with Crippen LogP contribution in [-0.4, -0.2) is 56.0 Å². The lowest BCUT2D eigenvalue weighted by Crippen LogP contribution is -2.41. The zero-order valence-corrected chi connectivity index (χ0v) is 21.7. The maximum Gasteiger partial charge on any atom is 0.420 e. The fourth-order valence-electron chi connectivity index (χ4n) is 3.96. The molecule has 1 aliphatic rings. The van der Waals surface area contributed by atoms with Gasteiger partial charge < -0.3 is 14.7 Å². The number of hydrogen-bond acceptors (Lipinski definition) is 5. The van der Waals surface area contributed by atoms with Crippen molar-refractivity contribution >= 4 is 27.4 Å². The van der Waals surface area contributed by atoms with Gasteiger partial charge in [-0.15, -0.1) is 0 Å². The van der Waals surface area contributed by atoms with Crippen LogP contribution >= 0.6 is 0 Å². The molecule has 0 saturated carbocycles. The van der Waals surface area contributed by atoms with Crippen molar-refractivity contribution in [2.75, 3.05) is 25.1 Å². The number of nitrogens with zero attached hydrogens (tertiary/aromatic N) is 2. The first-order valence-electron chi connectivity index (χ1n) is 11.5. The predicted octanol–water partition coefficient (Wildman–Crippen LogP) is 5.66. The molecule has 3 rings (SSSR count). The standard InChI is InChI=1S/C24H25F7N2O5S/c1-13(22(34)35)12-38-20-10-21-19(9-16(20)24(29,30)31)33(14-4-5-17(25)18(26)8-14)11-15(6-7-23(2,27)28)32(3)39(21,36)37/h4-5,8-10,13,15H,6-7,11-12H2,1-3H3,(H,34,35)/t13-,15-/m1/s1. The third-order valence-electron chi connectivity index (χ3n) is 6.26. The number of carbonyl (C=O) groups is 1. The first-order chi connectivity index (χ1) is 17.8. The Labute approximate surface area is 219 Å². The van der Waals surface area contributed by atoms with E-state index in [-0.39, 0.29) is 5.69 Å². The van der Waals surface area contributed by atoms with Gasteiger partial charge in [0.25, 0.3) is 0 Å². The molecule has 1 heterocycles. The highest BCUT2D eigenvalue weighted by Crippen LogP contribution is 2.46. The summed E-state index contributed by atoms with van der Waals surface area (Å²) >= 11 is 0. The van der Waals surface area contributed by atoms with Crippen molar-refractivity contribution in [3.8, 4) is 5.75 Å². The highest BCUT2D eigenvalue weighted by Gasteiger charge is 2.42. The lowest BCUT2D eigenvalue weighted by atomic mass is 10.1. The van der Waals surface area contributed by atoms with Gasteiger partial charge in [0.2, 0.25) is 15.9 Å². The molecule has 2 aromatic carbocycles. The van der Waals surface area contributed by atoms with E-state index in [2.05, 4.69) is 0 Å². The van der Waals surface area contributed by atoms with Gasteiger partial charge in [0.05, 0.1) is 17.2 Å². The number of rotatable bonds is 8. The van der Waals surface area contributed by atoms with Crippen molar-refractivity contribution in [1.82, 2.24) is 4.31 Å².